The smallest absolute Gasteiger partial charge is 0.345 e. The van der Waals surface area contributed by atoms with Crippen molar-refractivity contribution in [2.45, 2.75) is 197 Å². The number of benzene rings is 7. The minimum absolute atomic E-state index is 0.00144. The summed E-state index contributed by atoms with van der Waals surface area (Å²) < 4.78 is 77.2. The summed E-state index contributed by atoms with van der Waals surface area (Å²) in [6.45, 7) is 5.95. The van der Waals surface area contributed by atoms with Crippen LogP contribution in [0.15, 0.2) is 225 Å². The van der Waals surface area contributed by atoms with Crippen molar-refractivity contribution in [3.8, 4) is 0 Å². The molecule has 11 rings (SSSR count). The summed E-state index contributed by atoms with van der Waals surface area (Å²) in [5.41, 5.74) is 52.9. The van der Waals surface area contributed by atoms with Crippen LogP contribution in [0.2, 0.25) is 0 Å². The number of amides is 4. The number of hydrogen-bond donors (Lipinski definition) is 12. The molecular weight excluding hydrogens is 1640 g/mol. The largest absolute Gasteiger partial charge is 0.416 e. The summed E-state index contributed by atoms with van der Waals surface area (Å²) in [5.74, 6) is -1.68. The molecule has 128 heavy (non-hydrogen) atoms. The van der Waals surface area contributed by atoms with E-state index in [9.17, 15) is 64.7 Å². The molecule has 0 saturated heterocycles. The number of para-hydroxylation sites is 3. The van der Waals surface area contributed by atoms with Gasteiger partial charge in [-0.3, -0.25) is 58.3 Å². The number of rotatable bonds is 43. The molecule has 11 aromatic rings. The molecule has 0 aliphatic rings. The van der Waals surface area contributed by atoms with Crippen LogP contribution in [0, 0.1) is 5.92 Å². The van der Waals surface area contributed by atoms with Gasteiger partial charge in [0.15, 0.2) is 23.1 Å². The second-order valence-corrected chi connectivity index (χ2v) is 32.2. The van der Waals surface area contributed by atoms with Gasteiger partial charge in [-0.15, -0.1) is 0 Å². The number of nitrogens with zero attached hydrogens (tertiary/aromatic N) is 4. The molecule has 4 aromatic heterocycles. The van der Waals surface area contributed by atoms with E-state index >= 15 is 0 Å². The van der Waals surface area contributed by atoms with E-state index in [1.54, 1.807) is 24.8 Å². The Morgan fingerprint density at radius 2 is 0.633 bits per heavy atom. The van der Waals surface area contributed by atoms with Crippen LogP contribution < -0.4 is 67.1 Å². The van der Waals surface area contributed by atoms with Gasteiger partial charge in [-0.25, -0.2) is 0 Å². The maximum Gasteiger partial charge on any atom is 0.416 e. The lowest BCUT2D eigenvalue weighted by Gasteiger charge is -2.21. The predicted molar refractivity (Wildman–Crippen MR) is 488 cm³/mol. The number of ketones is 4. The summed E-state index contributed by atoms with van der Waals surface area (Å²) in [6.07, 6.45) is 5.79. The number of aromatic nitrogens is 4. The maximum atomic E-state index is 13.2. The predicted octanol–water partition coefficient (Wildman–Crippen LogP) is 11.6. The number of halogens is 6. The molecule has 0 spiro atoms. The Morgan fingerprint density at radius 1 is 0.312 bits per heavy atom. The number of carbonyl (C=O) groups is 8. The SMILES string of the molecule is CC(C)CC[C@@H](NC(=O)[C@@H](N)CCCN)C(=O)Cc1cnc2ccccc2c1.NCCC[C@H](N)C(=O)N[C@H](CCc1ccc(C(F)(F)F)cc1)C(=O)Cc1cnc2ccccc2c1.NCCC[C@H](N)C(=O)N[C@H](CCc1ccccc1)C(=O)Cc1ccc2cccnc2c1.NCCC[C@H](N)C(=O)N[C@H](Cc1ccc(C(F)(F)F)cc1)C(=O)Cc1cnc2ccccc2c1. The van der Waals surface area contributed by atoms with Crippen LogP contribution in [-0.4, -0.2) is 141 Å². The Bertz CT molecular complexity index is 5400. The highest BCUT2D eigenvalue weighted by Gasteiger charge is 2.33. The lowest BCUT2D eigenvalue weighted by molar-refractivity contribution is -0.138. The fourth-order valence-electron chi connectivity index (χ4n) is 14.0. The van der Waals surface area contributed by atoms with Gasteiger partial charge in [0.1, 0.15) is 0 Å². The van der Waals surface area contributed by atoms with Crippen LogP contribution in [0.3, 0.4) is 0 Å². The number of Topliss-reactive ketones (excluding diaryl/α,β-unsaturated/α-hetero) is 4. The lowest BCUT2D eigenvalue weighted by Crippen LogP contribution is -2.49. The molecule has 4 amide bonds. The van der Waals surface area contributed by atoms with Gasteiger partial charge in [-0.05, 0) is 240 Å². The molecular formula is C98H118F6N16O8. The fraction of sp³-hybridized carbons (Fsp3) is 0.367. The normalized spacial score (nSPS) is 13.3. The molecule has 0 saturated carbocycles. The van der Waals surface area contributed by atoms with Crippen LogP contribution >= 0.6 is 0 Å². The minimum atomic E-state index is -4.46. The number of carbonyl (C=O) groups excluding carboxylic acids is 8. The first-order valence-electron chi connectivity index (χ1n) is 43.2. The second kappa shape index (κ2) is 51.7. The molecule has 680 valence electrons. The zero-order chi connectivity index (χ0) is 92.7. The van der Waals surface area contributed by atoms with Crippen molar-refractivity contribution >= 4 is 90.4 Å². The summed E-state index contributed by atoms with van der Waals surface area (Å²) in [7, 11) is 0. The zero-order valence-electron chi connectivity index (χ0n) is 72.3. The Kier molecular flexibility index (Phi) is 41.0. The van der Waals surface area contributed by atoms with E-state index in [-0.39, 0.29) is 73.5 Å². The first kappa shape index (κ1) is 101. The van der Waals surface area contributed by atoms with E-state index in [0.717, 1.165) is 91.0 Å². The highest BCUT2D eigenvalue weighted by atomic mass is 19.4. The van der Waals surface area contributed by atoms with E-state index < -0.39 is 83.6 Å². The quantitative estimate of drug-likeness (QED) is 0.0158. The van der Waals surface area contributed by atoms with Crippen molar-refractivity contribution in [3.63, 3.8) is 0 Å². The molecule has 0 bridgehead atoms. The van der Waals surface area contributed by atoms with Crippen LogP contribution in [0.25, 0.3) is 43.6 Å². The number of fused-ring (bicyclic) bond motifs is 4. The first-order valence-corrected chi connectivity index (χ1v) is 43.2. The van der Waals surface area contributed by atoms with Gasteiger partial charge in [0.05, 0.1) is 81.5 Å². The van der Waals surface area contributed by atoms with E-state index in [1.165, 1.54) is 24.3 Å². The average Bonchev–Trinajstić information content (AvgIpc) is 0.841. The van der Waals surface area contributed by atoms with Crippen molar-refractivity contribution in [2.75, 3.05) is 26.2 Å². The number of aryl methyl sites for hydroxylation is 2. The van der Waals surface area contributed by atoms with E-state index in [1.807, 2.05) is 152 Å². The van der Waals surface area contributed by atoms with Crippen LogP contribution in [0.4, 0.5) is 26.3 Å². The lowest BCUT2D eigenvalue weighted by atomic mass is 9.96. The van der Waals surface area contributed by atoms with E-state index in [4.69, 9.17) is 45.9 Å². The van der Waals surface area contributed by atoms with E-state index in [2.05, 4.69) is 55.1 Å². The van der Waals surface area contributed by atoms with E-state index in [0.29, 0.717) is 131 Å². The molecule has 0 aliphatic carbocycles. The third kappa shape index (κ3) is 34.0. The molecule has 24 nitrogen and oxygen atoms in total. The molecule has 0 aliphatic heterocycles. The van der Waals surface area contributed by atoms with Gasteiger partial charge in [0.2, 0.25) is 23.6 Å². The number of hydrogen-bond acceptors (Lipinski definition) is 20. The monoisotopic (exact) mass is 1760 g/mol. The van der Waals surface area contributed by atoms with Gasteiger partial charge < -0.3 is 67.1 Å². The summed E-state index contributed by atoms with van der Waals surface area (Å²) in [6, 6.07) is 51.6. The van der Waals surface area contributed by atoms with Gasteiger partial charge in [-0.1, -0.05) is 141 Å². The average molecular weight is 1760 g/mol. The highest BCUT2D eigenvalue weighted by molar-refractivity contribution is 5.96. The van der Waals surface area contributed by atoms with Crippen molar-refractivity contribution in [1.29, 1.82) is 0 Å². The zero-order valence-corrected chi connectivity index (χ0v) is 72.3. The Labute approximate surface area is 742 Å². The van der Waals surface area contributed by atoms with Gasteiger partial charge >= 0.3 is 12.4 Å². The van der Waals surface area contributed by atoms with Gasteiger partial charge in [-0.2, -0.15) is 26.3 Å². The van der Waals surface area contributed by atoms with Crippen molar-refractivity contribution in [2.24, 2.45) is 51.8 Å². The highest BCUT2D eigenvalue weighted by Crippen LogP contribution is 2.31. The molecule has 0 unspecified atom stereocenters. The van der Waals surface area contributed by atoms with Crippen molar-refractivity contribution in [3.05, 3.63) is 275 Å². The molecule has 0 radical (unpaired) electrons. The minimum Gasteiger partial charge on any atom is -0.345 e. The van der Waals surface area contributed by atoms with Crippen molar-refractivity contribution < 1.29 is 64.7 Å². The summed E-state index contributed by atoms with van der Waals surface area (Å²) >= 11 is 0. The molecule has 20 N–H and O–H groups in total. The Morgan fingerprint density at radius 3 is 1.01 bits per heavy atom. The standard InChI is InChI=1S/C26H29F3N4O2.C25H27F3N4O2.C25H30N4O2.C22H32N4O2/c27-26(28,29)20-10-7-17(8-11-20)9-12-23(33-25(35)21(31)5-3-13-30)24(34)15-18-14-19-4-1-2-6-22(19)32-16-18;26-25(27,28)19-9-7-16(8-10-19)13-22(32-24(34)20(30)5-3-11-29)23(33)14-17-12-18-4-1-2-6-21(18)31-15-17;26-14-4-9-21(27)25(31)29-22(13-11-18-6-2-1-3-7-18)24(30)17-19-10-12-20-8-5-15-28-23(20)16-19;1-15(2)9-10-20(26-22(28)18(24)7-5-11-23)21(27)13-16-12-17-6-3-4-8-19(17)25-14-16/h1-2,4,6-8,10-11,14,16,21,23H,3,5,9,12-13,15,30-31H2,(H,33,35);1-2,4,6-10,12,15,20,22H,3,5,11,13-14,29-30H2,(H,32,34);1-3,5-8,10,12,15-16,21-22H,4,9,11,13-14,17,26-27H2,(H,29,31);3-4,6,8,12,14-15,18,20H,5,7,9-11,13,23-24H2,1-2H3,(H,26,28)/t21-,23+;20-,22+;21-,22+;18-,20+/m0000/s1. The fourth-order valence-corrected chi connectivity index (χ4v) is 14.0. The van der Waals surface area contributed by atoms with Crippen LogP contribution in [0.1, 0.15) is 141 Å². The third-order valence-corrected chi connectivity index (χ3v) is 21.5. The summed E-state index contributed by atoms with van der Waals surface area (Å²) in [4.78, 5) is 120. The Hall–Kier alpha value is -12.0. The second-order valence-electron chi connectivity index (χ2n) is 32.2. The molecule has 4 heterocycles. The topological polar surface area (TPSA) is 444 Å². The third-order valence-electron chi connectivity index (χ3n) is 21.5. The molecule has 8 atom stereocenters. The molecule has 30 heteroatoms. The number of pyridine rings is 4. The number of nitrogens with two attached hydrogens (primary N) is 8. The summed E-state index contributed by atoms with van der Waals surface area (Å²) in [5, 5.41) is 15.0. The molecule has 7 aromatic carbocycles. The number of alkyl halides is 6. The van der Waals surface area contributed by atoms with Crippen molar-refractivity contribution in [1.82, 2.24) is 41.2 Å². The Balaban J connectivity index is 0.000000212. The van der Waals surface area contributed by atoms with Crippen LogP contribution in [0.5, 0.6) is 0 Å². The van der Waals surface area contributed by atoms with Gasteiger partial charge in [0.25, 0.3) is 0 Å². The number of nitrogens with one attached hydrogen (secondary N) is 4. The maximum absolute atomic E-state index is 13.2. The first-order chi connectivity index (χ1) is 61.3. The molecule has 0 fully saturated rings. The van der Waals surface area contributed by atoms with Crippen LogP contribution in [-0.2, 0) is 95.7 Å². The van der Waals surface area contributed by atoms with Gasteiger partial charge in [0, 0.05) is 72.0 Å².